The Morgan fingerprint density at radius 1 is 1.10 bits per heavy atom. The van der Waals surface area contributed by atoms with E-state index in [4.69, 9.17) is 0 Å². The average Bonchev–Trinajstić information content (AvgIpc) is 3.24. The minimum atomic E-state index is -3.71. The van der Waals surface area contributed by atoms with E-state index < -0.39 is 16.3 Å². The van der Waals surface area contributed by atoms with Gasteiger partial charge in [-0.25, -0.2) is 12.4 Å². The van der Waals surface area contributed by atoms with E-state index in [2.05, 4.69) is 0 Å². The molecular formula is C22H24N2O4S. The van der Waals surface area contributed by atoms with Crippen LogP contribution >= 0.6 is 0 Å². The number of carbonyl (C=O) groups excluding carboxylic acids is 1. The summed E-state index contributed by atoms with van der Waals surface area (Å²) in [6, 6.07) is 14.3. The zero-order valence-electron chi connectivity index (χ0n) is 16.3. The summed E-state index contributed by atoms with van der Waals surface area (Å²) in [6.07, 6.45) is 3.12. The molecule has 1 N–H and O–H groups in total. The third-order valence-electron chi connectivity index (χ3n) is 5.48. The smallest absolute Gasteiger partial charge is 0.268 e. The molecule has 152 valence electrons. The van der Waals surface area contributed by atoms with Crippen LogP contribution in [0.4, 0.5) is 0 Å². The fraction of sp³-hybridized carbons (Fsp3) is 0.318. The fourth-order valence-corrected chi connectivity index (χ4v) is 5.26. The number of aromatic nitrogens is 1. The lowest BCUT2D eigenvalue weighted by Crippen LogP contribution is -2.33. The number of aliphatic hydroxyl groups is 1. The highest BCUT2D eigenvalue weighted by Crippen LogP contribution is 2.27. The topological polar surface area (TPSA) is 79.6 Å². The molecule has 1 aliphatic rings. The van der Waals surface area contributed by atoms with Crippen LogP contribution in [0.2, 0.25) is 0 Å². The lowest BCUT2D eigenvalue weighted by Gasteiger charge is -2.20. The minimum absolute atomic E-state index is 0.0260. The summed E-state index contributed by atoms with van der Waals surface area (Å²) in [5.41, 5.74) is 2.55. The molecule has 1 amide bonds. The van der Waals surface area contributed by atoms with E-state index in [9.17, 15) is 18.3 Å². The molecule has 1 fully saturated rings. The number of benzene rings is 2. The number of nitrogens with zero attached hydrogens (tertiary/aromatic N) is 2. The molecule has 6 nitrogen and oxygen atoms in total. The number of rotatable bonds is 6. The molecule has 29 heavy (non-hydrogen) atoms. The highest BCUT2D eigenvalue weighted by atomic mass is 32.2. The van der Waals surface area contributed by atoms with Crippen molar-refractivity contribution in [3.05, 3.63) is 65.9 Å². The molecule has 0 bridgehead atoms. The van der Waals surface area contributed by atoms with Crippen LogP contribution in [-0.4, -0.2) is 41.1 Å². The second-order valence-electron chi connectivity index (χ2n) is 7.50. The van der Waals surface area contributed by atoms with Crippen molar-refractivity contribution in [1.82, 2.24) is 8.87 Å². The molecule has 7 heteroatoms. The molecule has 1 unspecified atom stereocenters. The first-order chi connectivity index (χ1) is 13.9. The van der Waals surface area contributed by atoms with Gasteiger partial charge < -0.3 is 10.0 Å². The van der Waals surface area contributed by atoms with Gasteiger partial charge in [0.2, 0.25) is 5.91 Å². The van der Waals surface area contributed by atoms with E-state index in [1.165, 1.54) is 8.87 Å². The standard InChI is InChI=1S/C22H24N2O4S/c1-16-8-10-18(11-9-16)29(27,28)24-15-17(19-6-2-3-7-20(19)24)5-4-14-23-21(25)12-13-22(23)26/h2-3,6-11,15,21,25H,4-5,12-14H2,1H3. The van der Waals surface area contributed by atoms with E-state index in [1.54, 1.807) is 36.5 Å². The maximum atomic E-state index is 13.2. The molecule has 2 aromatic carbocycles. The summed E-state index contributed by atoms with van der Waals surface area (Å²) in [5.74, 6) is -0.0260. The van der Waals surface area contributed by atoms with Crippen molar-refractivity contribution in [1.29, 1.82) is 0 Å². The first kappa shape index (κ1) is 19.7. The van der Waals surface area contributed by atoms with Crippen molar-refractivity contribution in [2.45, 2.75) is 43.7 Å². The van der Waals surface area contributed by atoms with Crippen molar-refractivity contribution in [2.24, 2.45) is 0 Å². The molecule has 1 saturated heterocycles. The summed E-state index contributed by atoms with van der Waals surface area (Å²) in [5, 5.41) is 10.8. The molecule has 0 spiro atoms. The minimum Gasteiger partial charge on any atom is -0.374 e. The maximum Gasteiger partial charge on any atom is 0.268 e. The van der Waals surface area contributed by atoms with Gasteiger partial charge in [-0.15, -0.1) is 0 Å². The van der Waals surface area contributed by atoms with Crippen LogP contribution in [0.1, 0.15) is 30.4 Å². The van der Waals surface area contributed by atoms with Crippen molar-refractivity contribution in [3.8, 4) is 0 Å². The Hall–Kier alpha value is -2.64. The quantitative estimate of drug-likeness (QED) is 0.675. The number of aryl methyl sites for hydroxylation is 2. The average molecular weight is 413 g/mol. The SMILES string of the molecule is Cc1ccc(S(=O)(=O)n2cc(CCCN3C(=O)CCC3O)c3ccccc32)cc1. The van der Waals surface area contributed by atoms with E-state index in [1.807, 2.05) is 25.1 Å². The maximum absolute atomic E-state index is 13.2. The third kappa shape index (κ3) is 3.68. The molecule has 3 aromatic rings. The second-order valence-corrected chi connectivity index (χ2v) is 9.31. The zero-order chi connectivity index (χ0) is 20.6. The molecule has 1 atom stereocenters. The van der Waals surface area contributed by atoms with Crippen LogP contribution in [0.5, 0.6) is 0 Å². The van der Waals surface area contributed by atoms with Crippen LogP contribution < -0.4 is 0 Å². The van der Waals surface area contributed by atoms with Crippen molar-refractivity contribution >= 4 is 26.8 Å². The Kier molecular flexibility index (Phi) is 5.19. The molecule has 4 rings (SSSR count). The van der Waals surface area contributed by atoms with Gasteiger partial charge in [-0.2, -0.15) is 0 Å². The molecular weight excluding hydrogens is 388 g/mol. The lowest BCUT2D eigenvalue weighted by atomic mass is 10.1. The highest BCUT2D eigenvalue weighted by molar-refractivity contribution is 7.90. The van der Waals surface area contributed by atoms with Gasteiger partial charge in [-0.1, -0.05) is 35.9 Å². The van der Waals surface area contributed by atoms with Gasteiger partial charge in [0, 0.05) is 31.0 Å². The second kappa shape index (κ2) is 7.65. The van der Waals surface area contributed by atoms with Crippen molar-refractivity contribution in [3.63, 3.8) is 0 Å². The molecule has 0 aliphatic carbocycles. The number of aliphatic hydroxyl groups excluding tert-OH is 1. The van der Waals surface area contributed by atoms with Crippen LogP contribution in [-0.2, 0) is 21.2 Å². The first-order valence-electron chi connectivity index (χ1n) is 9.76. The monoisotopic (exact) mass is 412 g/mol. The lowest BCUT2D eigenvalue weighted by molar-refractivity contribution is -0.133. The van der Waals surface area contributed by atoms with E-state index in [0.717, 1.165) is 16.5 Å². The Bertz CT molecular complexity index is 1150. The summed E-state index contributed by atoms with van der Waals surface area (Å²) >= 11 is 0. The van der Waals surface area contributed by atoms with Crippen molar-refractivity contribution in [2.75, 3.05) is 6.54 Å². The Labute approximate surface area is 170 Å². The van der Waals surface area contributed by atoms with Gasteiger partial charge in [-0.3, -0.25) is 4.79 Å². The fourth-order valence-electron chi connectivity index (χ4n) is 3.87. The molecule has 0 saturated carbocycles. The number of likely N-dealkylation sites (tertiary alicyclic amines) is 1. The van der Waals surface area contributed by atoms with E-state index in [0.29, 0.717) is 37.7 Å². The van der Waals surface area contributed by atoms with Gasteiger partial charge in [0.05, 0.1) is 10.4 Å². The summed E-state index contributed by atoms with van der Waals surface area (Å²) in [6.45, 7) is 2.38. The molecule has 2 heterocycles. The van der Waals surface area contributed by atoms with Crippen molar-refractivity contribution < 1.29 is 18.3 Å². The Morgan fingerprint density at radius 3 is 2.52 bits per heavy atom. The predicted octanol–water partition coefficient (Wildman–Crippen LogP) is 3.06. The summed E-state index contributed by atoms with van der Waals surface area (Å²) < 4.78 is 27.8. The predicted molar refractivity (Wildman–Crippen MR) is 111 cm³/mol. The Balaban J connectivity index is 1.63. The number of hydrogen-bond acceptors (Lipinski definition) is 4. The van der Waals surface area contributed by atoms with Gasteiger partial charge in [0.25, 0.3) is 10.0 Å². The van der Waals surface area contributed by atoms with Crippen LogP contribution in [0.3, 0.4) is 0 Å². The molecule has 1 aromatic heterocycles. The highest BCUT2D eigenvalue weighted by Gasteiger charge is 2.28. The van der Waals surface area contributed by atoms with E-state index in [-0.39, 0.29) is 10.8 Å². The number of carbonyl (C=O) groups is 1. The summed E-state index contributed by atoms with van der Waals surface area (Å²) in [4.78, 5) is 13.6. The molecule has 1 aliphatic heterocycles. The number of fused-ring (bicyclic) bond motifs is 1. The third-order valence-corrected chi connectivity index (χ3v) is 7.17. The van der Waals surface area contributed by atoms with Crippen LogP contribution in [0.15, 0.2) is 59.6 Å². The first-order valence-corrected chi connectivity index (χ1v) is 11.2. The largest absolute Gasteiger partial charge is 0.374 e. The van der Waals surface area contributed by atoms with Gasteiger partial charge in [0.15, 0.2) is 0 Å². The van der Waals surface area contributed by atoms with Gasteiger partial charge in [0.1, 0.15) is 6.23 Å². The molecule has 0 radical (unpaired) electrons. The van der Waals surface area contributed by atoms with E-state index >= 15 is 0 Å². The normalized spacial score (nSPS) is 17.4. The van der Waals surface area contributed by atoms with Crippen LogP contribution in [0, 0.1) is 6.92 Å². The van der Waals surface area contributed by atoms with Gasteiger partial charge in [-0.05, 0) is 43.5 Å². The van der Waals surface area contributed by atoms with Gasteiger partial charge >= 0.3 is 0 Å². The number of para-hydroxylation sites is 1. The zero-order valence-corrected chi connectivity index (χ0v) is 17.1. The number of hydrogen-bond donors (Lipinski definition) is 1. The summed E-state index contributed by atoms with van der Waals surface area (Å²) in [7, 11) is -3.71. The Morgan fingerprint density at radius 2 is 1.83 bits per heavy atom. The number of amides is 1. The van der Waals surface area contributed by atoms with Crippen LogP contribution in [0.25, 0.3) is 10.9 Å².